The van der Waals surface area contributed by atoms with Gasteiger partial charge >= 0.3 is 59.1 Å². The molecule has 0 bridgehead atoms. The third-order valence-corrected chi connectivity index (χ3v) is 0.762. The SMILES string of the molecule is O=C([O-])CNCO.O=C([O-])CNCO.[Na+].[Na+]. The van der Waals surface area contributed by atoms with E-state index in [-0.39, 0.29) is 85.7 Å². The summed E-state index contributed by atoms with van der Waals surface area (Å²) in [5, 5.41) is 39.1. The molecule has 0 atom stereocenters. The van der Waals surface area contributed by atoms with Crippen molar-refractivity contribution in [1.29, 1.82) is 0 Å². The average Bonchev–Trinajstić information content (AvgIpc) is 2.12. The second-order valence-corrected chi connectivity index (χ2v) is 1.91. The van der Waals surface area contributed by atoms with Crippen LogP contribution in [0.5, 0.6) is 0 Å². The monoisotopic (exact) mass is 254 g/mol. The normalized spacial score (nSPS) is 7.62. The summed E-state index contributed by atoms with van der Waals surface area (Å²) in [6.45, 7) is -1.24. The Hall–Kier alpha value is 0.780. The molecule has 0 unspecified atom stereocenters. The molecule has 4 N–H and O–H groups in total. The molecule has 0 aliphatic carbocycles. The van der Waals surface area contributed by atoms with Gasteiger partial charge in [0.15, 0.2) is 0 Å². The summed E-state index contributed by atoms with van der Waals surface area (Å²) >= 11 is 0. The van der Waals surface area contributed by atoms with Gasteiger partial charge < -0.3 is 30.0 Å². The van der Waals surface area contributed by atoms with Crippen molar-refractivity contribution in [3.8, 4) is 0 Å². The fraction of sp³-hybridized carbons (Fsp3) is 0.667. The van der Waals surface area contributed by atoms with Crippen LogP contribution >= 0.6 is 0 Å². The second-order valence-electron chi connectivity index (χ2n) is 1.91. The number of hydrogen-bond donors (Lipinski definition) is 4. The van der Waals surface area contributed by atoms with Crippen molar-refractivity contribution in [3.05, 3.63) is 0 Å². The third kappa shape index (κ3) is 36.4. The fourth-order valence-corrected chi connectivity index (χ4v) is 0.316. The summed E-state index contributed by atoms with van der Waals surface area (Å²) in [5.74, 6) is -2.43. The van der Waals surface area contributed by atoms with E-state index in [1.165, 1.54) is 0 Å². The molecule has 0 aromatic heterocycles. The topological polar surface area (TPSA) is 145 Å². The predicted octanol–water partition coefficient (Wildman–Crippen LogP) is -11.4. The van der Waals surface area contributed by atoms with Gasteiger partial charge in [-0.1, -0.05) is 0 Å². The fourth-order valence-electron chi connectivity index (χ4n) is 0.316. The van der Waals surface area contributed by atoms with Gasteiger partial charge in [0.2, 0.25) is 0 Å². The summed E-state index contributed by atoms with van der Waals surface area (Å²) in [6, 6.07) is 0. The van der Waals surface area contributed by atoms with E-state index < -0.39 is 11.9 Å². The molecule has 0 aliphatic heterocycles. The molecule has 16 heavy (non-hydrogen) atoms. The number of hydrogen-bond acceptors (Lipinski definition) is 8. The van der Waals surface area contributed by atoms with Crippen LogP contribution in [0.3, 0.4) is 0 Å². The molecule has 0 saturated heterocycles. The van der Waals surface area contributed by atoms with Crippen molar-refractivity contribution in [3.63, 3.8) is 0 Å². The Bertz CT molecular complexity index is 153. The van der Waals surface area contributed by atoms with Crippen LogP contribution < -0.4 is 80.0 Å². The molecule has 0 radical (unpaired) electrons. The molecule has 0 aliphatic rings. The minimum absolute atomic E-state index is 0. The van der Waals surface area contributed by atoms with Gasteiger partial charge in [0.1, 0.15) is 0 Å². The van der Waals surface area contributed by atoms with E-state index in [4.69, 9.17) is 10.2 Å². The van der Waals surface area contributed by atoms with E-state index in [0.29, 0.717) is 0 Å². The zero-order chi connectivity index (χ0) is 11.4. The summed E-state index contributed by atoms with van der Waals surface area (Å²) in [6.07, 6.45) is 0. The molecule has 0 heterocycles. The summed E-state index contributed by atoms with van der Waals surface area (Å²) in [4.78, 5) is 18.9. The average molecular weight is 254 g/mol. The first-order valence-corrected chi connectivity index (χ1v) is 3.57. The molecule has 0 aromatic carbocycles. The van der Waals surface area contributed by atoms with Crippen molar-refractivity contribution in [2.45, 2.75) is 0 Å². The van der Waals surface area contributed by atoms with Crippen molar-refractivity contribution in [2.24, 2.45) is 0 Å². The van der Waals surface area contributed by atoms with Crippen LogP contribution in [0.1, 0.15) is 0 Å². The Balaban J connectivity index is -0.0000000800. The van der Waals surface area contributed by atoms with Crippen molar-refractivity contribution >= 4 is 11.9 Å². The van der Waals surface area contributed by atoms with Gasteiger partial charge in [-0.15, -0.1) is 0 Å². The number of rotatable bonds is 6. The molecule has 0 amide bonds. The minimum atomic E-state index is -1.21. The Morgan fingerprint density at radius 1 is 0.875 bits per heavy atom. The van der Waals surface area contributed by atoms with Gasteiger partial charge in [-0.3, -0.25) is 10.6 Å². The van der Waals surface area contributed by atoms with Crippen LogP contribution in [0.4, 0.5) is 0 Å². The summed E-state index contributed by atoms with van der Waals surface area (Å²) in [7, 11) is 0. The summed E-state index contributed by atoms with van der Waals surface area (Å²) < 4.78 is 0. The molecule has 8 nitrogen and oxygen atoms in total. The van der Waals surface area contributed by atoms with Gasteiger partial charge in [-0.25, -0.2) is 0 Å². The van der Waals surface area contributed by atoms with E-state index in [2.05, 4.69) is 10.6 Å². The molecule has 0 spiro atoms. The van der Waals surface area contributed by atoms with Crippen LogP contribution in [0, 0.1) is 0 Å². The van der Waals surface area contributed by atoms with Gasteiger partial charge in [-0.05, 0) is 0 Å². The van der Waals surface area contributed by atoms with E-state index in [0.717, 1.165) is 0 Å². The molecule has 0 fully saturated rings. The van der Waals surface area contributed by atoms with E-state index in [1.807, 2.05) is 0 Å². The van der Waals surface area contributed by atoms with E-state index in [9.17, 15) is 19.8 Å². The first-order valence-electron chi connectivity index (χ1n) is 3.57. The van der Waals surface area contributed by atoms with Crippen LogP contribution in [0.15, 0.2) is 0 Å². The Labute approximate surface area is 137 Å². The number of carboxylic acid groups (broad SMARTS) is 2. The number of carboxylic acids is 2. The number of nitrogens with one attached hydrogen (secondary N) is 2. The van der Waals surface area contributed by atoms with E-state index >= 15 is 0 Å². The Kier molecular flexibility index (Phi) is 33.7. The smallest absolute Gasteiger partial charge is 0.549 e. The van der Waals surface area contributed by atoms with Gasteiger partial charge in [-0.2, -0.15) is 0 Å². The van der Waals surface area contributed by atoms with Crippen molar-refractivity contribution in [2.75, 3.05) is 26.6 Å². The van der Waals surface area contributed by atoms with Gasteiger partial charge in [0.05, 0.1) is 25.4 Å². The van der Waals surface area contributed by atoms with Crippen molar-refractivity contribution < 1.29 is 89.1 Å². The maximum atomic E-state index is 9.47. The van der Waals surface area contributed by atoms with Gasteiger partial charge in [0, 0.05) is 13.1 Å². The number of aliphatic hydroxyl groups is 2. The first-order chi connectivity index (χ1) is 6.54. The molecule has 0 saturated carbocycles. The maximum absolute atomic E-state index is 9.47. The molecular weight excluding hydrogens is 242 g/mol. The van der Waals surface area contributed by atoms with E-state index in [1.54, 1.807) is 0 Å². The zero-order valence-corrected chi connectivity index (χ0v) is 13.4. The number of carbonyl (C=O) groups is 2. The third-order valence-electron chi connectivity index (χ3n) is 0.762. The first kappa shape index (κ1) is 25.6. The second kappa shape index (κ2) is 21.1. The van der Waals surface area contributed by atoms with Crippen LogP contribution in [-0.4, -0.2) is 48.7 Å². The maximum Gasteiger partial charge on any atom is 1.00 e. The van der Waals surface area contributed by atoms with Crippen molar-refractivity contribution in [1.82, 2.24) is 10.6 Å². The van der Waals surface area contributed by atoms with Gasteiger partial charge in [0.25, 0.3) is 0 Å². The molecule has 84 valence electrons. The number of aliphatic carboxylic acids is 2. The molecule has 10 heteroatoms. The number of aliphatic hydroxyl groups excluding tert-OH is 2. The van der Waals surface area contributed by atoms with Crippen LogP contribution in [-0.2, 0) is 9.59 Å². The van der Waals surface area contributed by atoms with Crippen LogP contribution in [0.2, 0.25) is 0 Å². The molecule has 0 aromatic rings. The quantitative estimate of drug-likeness (QED) is 0.270. The summed E-state index contributed by atoms with van der Waals surface area (Å²) in [5.41, 5.74) is 0. The Morgan fingerprint density at radius 3 is 1.19 bits per heavy atom. The minimum Gasteiger partial charge on any atom is -0.549 e. The molecular formula is C6H12N2Na2O6. The largest absolute Gasteiger partial charge is 1.00 e. The zero-order valence-electron chi connectivity index (χ0n) is 9.36. The standard InChI is InChI=1S/2C3H7NO3.2Na/c2*5-2-4-1-3(6)7;;/h2*4-5H,1-2H2,(H,6,7);;/q;;2*+1/p-2. The Morgan fingerprint density at radius 2 is 1.12 bits per heavy atom. The predicted molar refractivity (Wildman–Crippen MR) is 40.2 cm³/mol. The number of carbonyl (C=O) groups excluding carboxylic acids is 2. The molecule has 0 rings (SSSR count). The van der Waals surface area contributed by atoms with Crippen LogP contribution in [0.25, 0.3) is 0 Å².